The molecular weight excluding hydrogens is 607 g/mol. The van der Waals surface area contributed by atoms with Crippen molar-refractivity contribution in [1.29, 1.82) is 0 Å². The Labute approximate surface area is 278 Å². The van der Waals surface area contributed by atoms with Gasteiger partial charge >= 0.3 is 0 Å². The fraction of sp³-hybridized carbons (Fsp3) is 0. The number of para-hydroxylation sites is 4. The molecule has 0 radical (unpaired) electrons. The minimum absolute atomic E-state index is 0.875. The SMILES string of the molecule is c1ccc(-c2cc3sc(-n4c5ccccc5c5cc6c7ccccc7n(-c7ccccc7)c6cc54)nc3c3c2oc2ccccc23)cc1. The predicted octanol–water partition coefficient (Wildman–Crippen LogP) is 12.1. The lowest BCUT2D eigenvalue weighted by atomic mass is 10.0. The van der Waals surface area contributed by atoms with Crippen LogP contribution in [0, 0.1) is 0 Å². The minimum Gasteiger partial charge on any atom is -0.455 e. The maximum atomic E-state index is 6.57. The van der Waals surface area contributed by atoms with Gasteiger partial charge in [0.05, 0.1) is 37.7 Å². The number of fused-ring (bicyclic) bond motifs is 11. The molecule has 0 fully saturated rings. The Kier molecular flexibility index (Phi) is 5.23. The summed E-state index contributed by atoms with van der Waals surface area (Å²) in [6, 6.07) is 53.9. The molecule has 0 atom stereocenters. The molecule has 5 heteroatoms. The summed E-state index contributed by atoms with van der Waals surface area (Å²) in [5.74, 6) is 0. The summed E-state index contributed by atoms with van der Waals surface area (Å²) in [6.07, 6.45) is 0. The summed E-state index contributed by atoms with van der Waals surface area (Å²) in [4.78, 5) is 5.46. The summed E-state index contributed by atoms with van der Waals surface area (Å²) >= 11 is 1.73. The Morgan fingerprint density at radius 3 is 1.85 bits per heavy atom. The topological polar surface area (TPSA) is 35.9 Å². The number of hydrogen-bond acceptors (Lipinski definition) is 3. The van der Waals surface area contributed by atoms with Crippen molar-refractivity contribution < 1.29 is 4.42 Å². The van der Waals surface area contributed by atoms with Crippen molar-refractivity contribution >= 4 is 87.1 Å². The molecule has 4 nitrogen and oxygen atoms in total. The Morgan fingerprint density at radius 2 is 1.10 bits per heavy atom. The normalized spacial score (nSPS) is 12.2. The summed E-state index contributed by atoms with van der Waals surface area (Å²) in [6.45, 7) is 0. The second-order valence-corrected chi connectivity index (χ2v) is 13.4. The molecule has 224 valence electrons. The quantitative estimate of drug-likeness (QED) is 0.194. The van der Waals surface area contributed by atoms with E-state index in [0.717, 1.165) is 65.1 Å². The van der Waals surface area contributed by atoms with Crippen molar-refractivity contribution in [2.45, 2.75) is 0 Å². The van der Waals surface area contributed by atoms with Gasteiger partial charge in [-0.3, -0.25) is 4.57 Å². The zero-order chi connectivity index (χ0) is 31.3. The van der Waals surface area contributed by atoms with E-state index in [1.807, 2.05) is 12.1 Å². The highest BCUT2D eigenvalue weighted by Gasteiger charge is 2.23. The van der Waals surface area contributed by atoms with Gasteiger partial charge in [-0.05, 0) is 54.1 Å². The Morgan fingerprint density at radius 1 is 0.500 bits per heavy atom. The van der Waals surface area contributed by atoms with Crippen LogP contribution < -0.4 is 0 Å². The fourth-order valence-corrected chi connectivity index (χ4v) is 8.73. The summed E-state index contributed by atoms with van der Waals surface area (Å²) in [5.41, 5.74) is 10.7. The zero-order valence-corrected chi connectivity index (χ0v) is 26.4. The van der Waals surface area contributed by atoms with Gasteiger partial charge in [0.2, 0.25) is 0 Å². The molecule has 4 heterocycles. The highest BCUT2D eigenvalue weighted by atomic mass is 32.1. The molecule has 0 saturated carbocycles. The molecule has 0 bridgehead atoms. The van der Waals surface area contributed by atoms with Gasteiger partial charge in [0, 0.05) is 38.2 Å². The molecular formula is C43H25N3OS. The van der Waals surface area contributed by atoms with Gasteiger partial charge in [0.25, 0.3) is 0 Å². The lowest BCUT2D eigenvalue weighted by Gasteiger charge is -2.08. The predicted molar refractivity (Wildman–Crippen MR) is 201 cm³/mol. The van der Waals surface area contributed by atoms with Crippen molar-refractivity contribution in [1.82, 2.24) is 14.1 Å². The molecule has 0 aliphatic carbocycles. The number of aromatic nitrogens is 3. The fourth-order valence-electron chi connectivity index (χ4n) is 7.68. The lowest BCUT2D eigenvalue weighted by molar-refractivity contribution is 0.670. The number of benzene rings is 7. The smallest absolute Gasteiger partial charge is 0.195 e. The molecule has 0 aliphatic rings. The van der Waals surface area contributed by atoms with Crippen molar-refractivity contribution in [3.63, 3.8) is 0 Å². The average Bonchev–Trinajstić information content (AvgIpc) is 3.90. The van der Waals surface area contributed by atoms with E-state index in [1.165, 1.54) is 32.6 Å². The van der Waals surface area contributed by atoms with Gasteiger partial charge in [-0.15, -0.1) is 0 Å². The van der Waals surface area contributed by atoms with Gasteiger partial charge in [0.1, 0.15) is 11.2 Å². The Balaban J connectivity index is 1.27. The van der Waals surface area contributed by atoms with E-state index in [1.54, 1.807) is 11.3 Å². The molecule has 11 rings (SSSR count). The lowest BCUT2D eigenvalue weighted by Crippen LogP contribution is -1.95. The van der Waals surface area contributed by atoms with Gasteiger partial charge < -0.3 is 8.98 Å². The second-order valence-electron chi connectivity index (χ2n) is 12.4. The number of rotatable bonds is 3. The Hall–Kier alpha value is -6.17. The van der Waals surface area contributed by atoms with Crippen LogP contribution in [0.3, 0.4) is 0 Å². The minimum atomic E-state index is 0.875. The number of thiazole rings is 1. The third kappa shape index (κ3) is 3.51. The van der Waals surface area contributed by atoms with Crippen LogP contribution in [-0.2, 0) is 0 Å². The molecule has 0 spiro atoms. The van der Waals surface area contributed by atoms with E-state index in [0.29, 0.717) is 0 Å². The first kappa shape index (κ1) is 26.0. The van der Waals surface area contributed by atoms with Crippen molar-refractivity contribution in [3.05, 3.63) is 152 Å². The van der Waals surface area contributed by atoms with Gasteiger partial charge in [-0.25, -0.2) is 4.98 Å². The Bertz CT molecular complexity index is 3050. The van der Waals surface area contributed by atoms with Crippen LogP contribution in [0.2, 0.25) is 0 Å². The summed E-state index contributed by atoms with van der Waals surface area (Å²) in [7, 11) is 0. The van der Waals surface area contributed by atoms with Crippen LogP contribution in [0.5, 0.6) is 0 Å². The van der Waals surface area contributed by atoms with Gasteiger partial charge in [-0.2, -0.15) is 0 Å². The molecule has 48 heavy (non-hydrogen) atoms. The van der Waals surface area contributed by atoms with E-state index >= 15 is 0 Å². The largest absolute Gasteiger partial charge is 0.455 e. The highest BCUT2D eigenvalue weighted by molar-refractivity contribution is 7.21. The molecule has 0 amide bonds. The standard InChI is InChI=1S/C43H25N3OS/c1-3-13-26(14-4-1)31-24-39-41(40-30-19-9-12-22-38(30)47-42(31)40)44-43(48-39)46-35-21-11-8-18-29(35)33-23-32-28-17-7-10-20-34(28)45(36(32)25-37(33)46)27-15-5-2-6-16-27/h1-25H. The molecule has 4 aromatic heterocycles. The van der Waals surface area contributed by atoms with Crippen LogP contribution in [0.1, 0.15) is 0 Å². The zero-order valence-electron chi connectivity index (χ0n) is 25.6. The highest BCUT2D eigenvalue weighted by Crippen LogP contribution is 2.45. The first-order chi connectivity index (χ1) is 23.8. The molecule has 0 unspecified atom stereocenters. The second kappa shape index (κ2) is 9.67. The first-order valence-electron chi connectivity index (χ1n) is 16.1. The summed E-state index contributed by atoms with van der Waals surface area (Å²) in [5, 5.41) is 8.02. The van der Waals surface area contributed by atoms with Crippen LogP contribution in [-0.4, -0.2) is 14.1 Å². The average molecular weight is 632 g/mol. The molecule has 0 saturated heterocycles. The van der Waals surface area contributed by atoms with Crippen molar-refractivity contribution in [3.8, 4) is 21.9 Å². The van der Waals surface area contributed by atoms with E-state index < -0.39 is 0 Å². The van der Waals surface area contributed by atoms with Crippen LogP contribution in [0.15, 0.2) is 156 Å². The van der Waals surface area contributed by atoms with Crippen LogP contribution >= 0.6 is 11.3 Å². The van der Waals surface area contributed by atoms with Crippen LogP contribution in [0.25, 0.3) is 97.7 Å². The van der Waals surface area contributed by atoms with Crippen LogP contribution in [0.4, 0.5) is 0 Å². The molecule has 0 N–H and O–H groups in total. The maximum Gasteiger partial charge on any atom is 0.195 e. The monoisotopic (exact) mass is 631 g/mol. The van der Waals surface area contributed by atoms with Crippen molar-refractivity contribution in [2.75, 3.05) is 0 Å². The van der Waals surface area contributed by atoms with E-state index in [4.69, 9.17) is 9.40 Å². The maximum absolute atomic E-state index is 6.57. The third-order valence-corrected chi connectivity index (χ3v) is 10.7. The van der Waals surface area contributed by atoms with E-state index in [2.05, 4.69) is 149 Å². The molecule has 0 aliphatic heterocycles. The summed E-state index contributed by atoms with van der Waals surface area (Å²) < 4.78 is 12.5. The molecule has 7 aromatic carbocycles. The number of hydrogen-bond donors (Lipinski definition) is 0. The third-order valence-electron chi connectivity index (χ3n) is 9.75. The van der Waals surface area contributed by atoms with Gasteiger partial charge in [0.15, 0.2) is 5.13 Å². The van der Waals surface area contributed by atoms with Crippen molar-refractivity contribution in [2.24, 2.45) is 0 Å². The molecule has 11 aromatic rings. The van der Waals surface area contributed by atoms with E-state index in [9.17, 15) is 0 Å². The number of furan rings is 1. The van der Waals surface area contributed by atoms with E-state index in [-0.39, 0.29) is 0 Å². The first-order valence-corrected chi connectivity index (χ1v) is 17.0. The number of nitrogens with zero attached hydrogens (tertiary/aromatic N) is 3. The van der Waals surface area contributed by atoms with Gasteiger partial charge in [-0.1, -0.05) is 114 Å².